The third kappa shape index (κ3) is 2.85. The van der Waals surface area contributed by atoms with Crippen molar-refractivity contribution < 1.29 is 23.4 Å². The van der Waals surface area contributed by atoms with Crippen LogP contribution in [-0.2, 0) is 9.84 Å². The minimum atomic E-state index is -3.22. The van der Waals surface area contributed by atoms with Gasteiger partial charge in [0.05, 0.1) is 28.4 Å². The first-order chi connectivity index (χ1) is 8.39. The summed E-state index contributed by atoms with van der Waals surface area (Å²) >= 11 is 1.11. The Bertz CT molecular complexity index is 567. The fraction of sp³-hybridized carbons (Fsp3) is 0.364. The first kappa shape index (κ1) is 13.4. The van der Waals surface area contributed by atoms with Crippen LogP contribution in [0.5, 0.6) is 0 Å². The van der Waals surface area contributed by atoms with E-state index in [4.69, 9.17) is 5.11 Å². The normalized spacial score (nSPS) is 26.1. The molecule has 98 valence electrons. The van der Waals surface area contributed by atoms with E-state index < -0.39 is 27.2 Å². The standard InChI is InChI=1S/C11H12O5S2/c12-8-5-18(15,16)6-10(8)17-9-4-2-1-3-7(9)11(13)14/h1-4,8,10,12H,5-6H2,(H,13,14). The molecule has 1 aromatic carbocycles. The summed E-state index contributed by atoms with van der Waals surface area (Å²) in [6, 6.07) is 6.37. The molecule has 0 amide bonds. The van der Waals surface area contributed by atoms with Crippen molar-refractivity contribution in [3.05, 3.63) is 29.8 Å². The van der Waals surface area contributed by atoms with Crippen molar-refractivity contribution in [1.29, 1.82) is 0 Å². The summed E-state index contributed by atoms with van der Waals surface area (Å²) in [6.07, 6.45) is -0.943. The first-order valence-electron chi connectivity index (χ1n) is 5.26. The molecule has 0 radical (unpaired) electrons. The smallest absolute Gasteiger partial charge is 0.336 e. The molecule has 2 rings (SSSR count). The van der Waals surface area contributed by atoms with Gasteiger partial charge in [0.2, 0.25) is 0 Å². The largest absolute Gasteiger partial charge is 0.478 e. The Balaban J connectivity index is 2.23. The van der Waals surface area contributed by atoms with Crippen molar-refractivity contribution in [3.8, 4) is 0 Å². The van der Waals surface area contributed by atoms with Crippen LogP contribution in [0.3, 0.4) is 0 Å². The van der Waals surface area contributed by atoms with E-state index in [1.165, 1.54) is 6.07 Å². The molecule has 5 nitrogen and oxygen atoms in total. The molecule has 18 heavy (non-hydrogen) atoms. The second-order valence-corrected chi connectivity index (χ2v) is 7.54. The molecule has 0 spiro atoms. The van der Waals surface area contributed by atoms with Crippen molar-refractivity contribution in [2.45, 2.75) is 16.2 Å². The summed E-state index contributed by atoms with van der Waals surface area (Å²) < 4.78 is 22.7. The number of aromatic carboxylic acids is 1. The van der Waals surface area contributed by atoms with Gasteiger partial charge in [0, 0.05) is 4.90 Å². The second-order valence-electron chi connectivity index (χ2n) is 4.10. The fourth-order valence-electron chi connectivity index (χ4n) is 1.82. The van der Waals surface area contributed by atoms with Gasteiger partial charge in [-0.1, -0.05) is 12.1 Å². The Morgan fingerprint density at radius 1 is 1.28 bits per heavy atom. The molecule has 1 aliphatic heterocycles. The predicted octanol–water partition coefficient (Wildman–Crippen LogP) is 0.635. The van der Waals surface area contributed by atoms with Crippen LogP contribution in [0.4, 0.5) is 0 Å². The molecule has 0 aliphatic carbocycles. The maximum absolute atomic E-state index is 11.4. The third-order valence-electron chi connectivity index (χ3n) is 2.67. The molecule has 1 heterocycles. The summed E-state index contributed by atoms with van der Waals surface area (Å²) in [6.45, 7) is 0. The predicted molar refractivity (Wildman–Crippen MR) is 67.7 cm³/mol. The molecule has 1 fully saturated rings. The molecule has 2 atom stereocenters. The Morgan fingerprint density at radius 2 is 1.94 bits per heavy atom. The van der Waals surface area contributed by atoms with Gasteiger partial charge in [0.25, 0.3) is 0 Å². The fourth-order valence-corrected chi connectivity index (χ4v) is 5.46. The van der Waals surface area contributed by atoms with Crippen LogP contribution in [0.2, 0.25) is 0 Å². The zero-order chi connectivity index (χ0) is 13.3. The Kier molecular flexibility index (Phi) is 3.65. The number of carbonyl (C=O) groups is 1. The summed E-state index contributed by atoms with van der Waals surface area (Å²) in [5.74, 6) is -1.43. The summed E-state index contributed by atoms with van der Waals surface area (Å²) in [4.78, 5) is 11.5. The lowest BCUT2D eigenvalue weighted by atomic mass is 10.2. The first-order valence-corrected chi connectivity index (χ1v) is 7.96. The molecule has 2 unspecified atom stereocenters. The number of carboxylic acids is 1. The van der Waals surface area contributed by atoms with E-state index in [1.54, 1.807) is 18.2 Å². The van der Waals surface area contributed by atoms with Crippen molar-refractivity contribution >= 4 is 27.6 Å². The van der Waals surface area contributed by atoms with E-state index in [0.717, 1.165) is 11.8 Å². The number of benzene rings is 1. The number of rotatable bonds is 3. The molecule has 0 bridgehead atoms. The molecule has 1 aliphatic rings. The van der Waals surface area contributed by atoms with Crippen molar-refractivity contribution in [3.63, 3.8) is 0 Å². The van der Waals surface area contributed by atoms with Crippen LogP contribution in [0.1, 0.15) is 10.4 Å². The molecule has 1 aromatic rings. The number of sulfone groups is 1. The van der Waals surface area contributed by atoms with E-state index in [9.17, 15) is 18.3 Å². The van der Waals surface area contributed by atoms with Crippen molar-refractivity contribution in [2.24, 2.45) is 0 Å². The van der Waals surface area contributed by atoms with Gasteiger partial charge in [0.15, 0.2) is 9.84 Å². The van der Waals surface area contributed by atoms with E-state index in [-0.39, 0.29) is 17.1 Å². The summed E-state index contributed by atoms with van der Waals surface area (Å²) in [5.41, 5.74) is 0.124. The number of thioether (sulfide) groups is 1. The number of aliphatic hydroxyl groups is 1. The van der Waals surface area contributed by atoms with Gasteiger partial charge in [-0.05, 0) is 12.1 Å². The number of hydrogen-bond donors (Lipinski definition) is 2. The lowest BCUT2D eigenvalue weighted by molar-refractivity contribution is 0.0693. The lowest BCUT2D eigenvalue weighted by Crippen LogP contribution is -2.20. The van der Waals surface area contributed by atoms with E-state index >= 15 is 0 Å². The van der Waals surface area contributed by atoms with E-state index in [1.807, 2.05) is 0 Å². The SMILES string of the molecule is O=C(O)c1ccccc1SC1CS(=O)(=O)CC1O. The Labute approximate surface area is 109 Å². The summed E-state index contributed by atoms with van der Waals surface area (Å²) in [5, 5.41) is 18.2. The topological polar surface area (TPSA) is 91.7 Å². The van der Waals surface area contributed by atoms with Crippen LogP contribution >= 0.6 is 11.8 Å². The van der Waals surface area contributed by atoms with Crippen LogP contribution < -0.4 is 0 Å². The Morgan fingerprint density at radius 3 is 2.50 bits per heavy atom. The van der Waals surface area contributed by atoms with Gasteiger partial charge in [-0.2, -0.15) is 0 Å². The van der Waals surface area contributed by atoms with Gasteiger partial charge in [0.1, 0.15) is 0 Å². The van der Waals surface area contributed by atoms with E-state index in [0.29, 0.717) is 4.90 Å². The summed E-state index contributed by atoms with van der Waals surface area (Å²) in [7, 11) is -3.22. The molecule has 0 aromatic heterocycles. The average molecular weight is 288 g/mol. The van der Waals surface area contributed by atoms with Gasteiger partial charge >= 0.3 is 5.97 Å². The van der Waals surface area contributed by atoms with Crippen LogP contribution in [-0.4, -0.2) is 47.5 Å². The highest BCUT2D eigenvalue weighted by Crippen LogP contribution is 2.33. The minimum absolute atomic E-state index is 0.118. The zero-order valence-corrected chi connectivity index (χ0v) is 10.9. The van der Waals surface area contributed by atoms with Gasteiger partial charge < -0.3 is 10.2 Å². The number of carboxylic acid groups (broad SMARTS) is 1. The minimum Gasteiger partial charge on any atom is -0.478 e. The average Bonchev–Trinajstić information content (AvgIpc) is 2.52. The van der Waals surface area contributed by atoms with E-state index in [2.05, 4.69) is 0 Å². The molecule has 1 saturated heterocycles. The maximum Gasteiger partial charge on any atom is 0.336 e. The van der Waals surface area contributed by atoms with Crippen molar-refractivity contribution in [2.75, 3.05) is 11.5 Å². The number of hydrogen-bond acceptors (Lipinski definition) is 5. The highest BCUT2D eigenvalue weighted by atomic mass is 32.2. The molecule has 2 N–H and O–H groups in total. The third-order valence-corrected chi connectivity index (χ3v) is 5.99. The molecular weight excluding hydrogens is 276 g/mol. The van der Waals surface area contributed by atoms with Gasteiger partial charge in [-0.25, -0.2) is 13.2 Å². The van der Waals surface area contributed by atoms with Crippen LogP contribution in [0, 0.1) is 0 Å². The second kappa shape index (κ2) is 4.91. The van der Waals surface area contributed by atoms with Crippen LogP contribution in [0.15, 0.2) is 29.2 Å². The monoisotopic (exact) mass is 288 g/mol. The maximum atomic E-state index is 11.4. The zero-order valence-electron chi connectivity index (χ0n) is 9.31. The molecule has 7 heteroatoms. The van der Waals surface area contributed by atoms with Gasteiger partial charge in [-0.3, -0.25) is 0 Å². The highest BCUT2D eigenvalue weighted by molar-refractivity contribution is 8.02. The van der Waals surface area contributed by atoms with Crippen molar-refractivity contribution in [1.82, 2.24) is 0 Å². The quantitative estimate of drug-likeness (QED) is 0.848. The Hall–Kier alpha value is -1.05. The molecular formula is C11H12O5S2. The highest BCUT2D eigenvalue weighted by Gasteiger charge is 2.37. The van der Waals surface area contributed by atoms with Crippen LogP contribution in [0.25, 0.3) is 0 Å². The lowest BCUT2D eigenvalue weighted by Gasteiger charge is -2.13. The molecule has 0 saturated carbocycles. The number of aliphatic hydroxyl groups excluding tert-OH is 1. The van der Waals surface area contributed by atoms with Gasteiger partial charge in [-0.15, -0.1) is 11.8 Å².